The van der Waals surface area contributed by atoms with E-state index in [9.17, 15) is 14.3 Å². The van der Waals surface area contributed by atoms with Crippen molar-refractivity contribution < 1.29 is 28.2 Å². The number of aromatic hydroxyl groups is 1. The van der Waals surface area contributed by atoms with Crippen molar-refractivity contribution in [1.82, 2.24) is 14.9 Å². The summed E-state index contributed by atoms with van der Waals surface area (Å²) in [5.74, 6) is -2.24. The van der Waals surface area contributed by atoms with Gasteiger partial charge in [-0.05, 0) is 62.7 Å². The summed E-state index contributed by atoms with van der Waals surface area (Å²) in [4.78, 5) is 29.2. The number of anilines is 2. The van der Waals surface area contributed by atoms with Gasteiger partial charge in [0.1, 0.15) is 23.7 Å². The van der Waals surface area contributed by atoms with Crippen molar-refractivity contribution in [2.75, 3.05) is 55.8 Å². The van der Waals surface area contributed by atoms with E-state index in [1.54, 1.807) is 0 Å². The molecule has 3 fully saturated rings. The first-order valence-corrected chi connectivity index (χ1v) is 14.0. The van der Waals surface area contributed by atoms with Gasteiger partial charge >= 0.3 is 6.01 Å². The molecule has 0 radical (unpaired) electrons. The third-order valence-corrected chi connectivity index (χ3v) is 8.78. The number of rotatable bonds is 5. The van der Waals surface area contributed by atoms with Crippen molar-refractivity contribution in [1.29, 1.82) is 0 Å². The molecule has 0 atom stereocenters. The summed E-state index contributed by atoms with van der Waals surface area (Å²) >= 11 is 0. The highest BCUT2D eigenvalue weighted by Gasteiger charge is 2.45. The highest BCUT2D eigenvalue weighted by Crippen LogP contribution is 2.42. The van der Waals surface area contributed by atoms with E-state index in [-0.39, 0.29) is 40.3 Å². The van der Waals surface area contributed by atoms with Crippen LogP contribution in [0.5, 0.6) is 11.8 Å². The molecule has 40 heavy (non-hydrogen) atoms. The van der Waals surface area contributed by atoms with Crippen LogP contribution in [0.25, 0.3) is 10.8 Å². The molecular weight excluding hydrogens is 520 g/mol. The predicted molar refractivity (Wildman–Crippen MR) is 144 cm³/mol. The molecule has 5 heterocycles. The number of hydrogen-bond acceptors (Lipinski definition) is 8. The van der Waals surface area contributed by atoms with Gasteiger partial charge in [0.2, 0.25) is 0 Å². The van der Waals surface area contributed by atoms with E-state index in [4.69, 9.17) is 14.5 Å². The maximum atomic E-state index is 15.1. The second-order valence-electron chi connectivity index (χ2n) is 11.1. The summed E-state index contributed by atoms with van der Waals surface area (Å²) in [6.07, 6.45) is 5.21. The van der Waals surface area contributed by atoms with Gasteiger partial charge in [0, 0.05) is 31.1 Å². The number of halogens is 2. The molecule has 1 aromatic heterocycles. The molecule has 210 valence electrons. The lowest BCUT2D eigenvalue weighted by Crippen LogP contribution is -2.43. The number of phenols is 1. The van der Waals surface area contributed by atoms with E-state index < -0.39 is 17.5 Å². The van der Waals surface area contributed by atoms with Gasteiger partial charge in [0.25, 0.3) is 5.91 Å². The van der Waals surface area contributed by atoms with Crippen LogP contribution in [0.15, 0.2) is 24.3 Å². The van der Waals surface area contributed by atoms with E-state index in [0.717, 1.165) is 51.3 Å². The molecule has 1 N–H and O–H groups in total. The van der Waals surface area contributed by atoms with Crippen LogP contribution in [-0.2, 0) is 11.3 Å². The van der Waals surface area contributed by atoms with Crippen LogP contribution in [0.4, 0.5) is 20.3 Å². The largest absolute Gasteiger partial charge is 0.508 e. The van der Waals surface area contributed by atoms with Gasteiger partial charge in [0.15, 0.2) is 11.6 Å². The second kappa shape index (κ2) is 9.81. The molecule has 7 rings (SSSR count). The smallest absolute Gasteiger partial charge is 0.318 e. The van der Waals surface area contributed by atoms with Crippen molar-refractivity contribution in [3.05, 3.63) is 47.2 Å². The van der Waals surface area contributed by atoms with Gasteiger partial charge in [-0.2, -0.15) is 9.97 Å². The van der Waals surface area contributed by atoms with Crippen molar-refractivity contribution in [3.8, 4) is 11.8 Å². The first-order chi connectivity index (χ1) is 19.4. The molecule has 2 aromatic carbocycles. The van der Waals surface area contributed by atoms with Crippen LogP contribution in [0.3, 0.4) is 0 Å². The molecule has 3 saturated heterocycles. The van der Waals surface area contributed by atoms with Gasteiger partial charge in [-0.1, -0.05) is 6.07 Å². The molecule has 11 heteroatoms. The molecule has 9 nitrogen and oxygen atoms in total. The van der Waals surface area contributed by atoms with E-state index in [2.05, 4.69) is 9.88 Å². The van der Waals surface area contributed by atoms with Gasteiger partial charge < -0.3 is 24.4 Å². The Morgan fingerprint density at radius 3 is 2.67 bits per heavy atom. The Balaban J connectivity index is 1.29. The zero-order chi connectivity index (χ0) is 27.4. The van der Waals surface area contributed by atoms with Crippen LogP contribution in [-0.4, -0.2) is 77.4 Å². The highest BCUT2D eigenvalue weighted by atomic mass is 19.2. The number of nitrogens with zero attached hydrogens (tertiary/aromatic N) is 5. The number of aromatic nitrogens is 2. The summed E-state index contributed by atoms with van der Waals surface area (Å²) in [6.45, 7) is 4.94. The Morgan fingerprint density at radius 2 is 1.85 bits per heavy atom. The Labute approximate surface area is 230 Å². The molecule has 0 unspecified atom stereocenters. The Bertz CT molecular complexity index is 1480. The lowest BCUT2D eigenvalue weighted by molar-refractivity contribution is 0.0996. The minimum Gasteiger partial charge on any atom is -0.508 e. The number of ether oxygens (including phenoxy) is 2. The first kappa shape index (κ1) is 25.4. The zero-order valence-electron chi connectivity index (χ0n) is 22.2. The highest BCUT2D eigenvalue weighted by molar-refractivity contribution is 6.16. The van der Waals surface area contributed by atoms with E-state index in [0.29, 0.717) is 50.0 Å². The molecule has 0 aliphatic carbocycles. The number of benzene rings is 2. The molecule has 4 aliphatic rings. The predicted octanol–water partition coefficient (Wildman–Crippen LogP) is 4.01. The maximum absolute atomic E-state index is 15.1. The molecule has 1 amide bonds. The van der Waals surface area contributed by atoms with Gasteiger partial charge in [-0.3, -0.25) is 9.69 Å². The number of amides is 1. The van der Waals surface area contributed by atoms with Gasteiger partial charge in [-0.15, -0.1) is 0 Å². The summed E-state index contributed by atoms with van der Waals surface area (Å²) in [7, 11) is 0. The maximum Gasteiger partial charge on any atom is 0.318 e. The van der Waals surface area contributed by atoms with Crippen LogP contribution >= 0.6 is 0 Å². The Hall–Kier alpha value is -3.57. The average molecular weight is 552 g/mol. The minimum absolute atomic E-state index is 0.00289. The minimum atomic E-state index is -1.08. The number of fused-ring (bicyclic) bond motifs is 3. The summed E-state index contributed by atoms with van der Waals surface area (Å²) in [5.41, 5.74) is 0.844. The van der Waals surface area contributed by atoms with Crippen molar-refractivity contribution >= 4 is 28.2 Å². The average Bonchev–Trinajstić information content (AvgIpc) is 3.54. The topological polar surface area (TPSA) is 91.3 Å². The molecule has 3 aromatic rings. The number of hydrogen-bond donors (Lipinski definition) is 1. The fourth-order valence-corrected chi connectivity index (χ4v) is 6.84. The summed E-state index contributed by atoms with van der Waals surface area (Å²) < 4.78 is 41.3. The fourth-order valence-electron chi connectivity index (χ4n) is 6.84. The lowest BCUT2D eigenvalue weighted by Gasteiger charge is -2.31. The van der Waals surface area contributed by atoms with Gasteiger partial charge in [0.05, 0.1) is 30.1 Å². The summed E-state index contributed by atoms with van der Waals surface area (Å²) in [5, 5.41) is 10.6. The van der Waals surface area contributed by atoms with Crippen LogP contribution in [0.1, 0.15) is 48.2 Å². The third-order valence-electron chi connectivity index (χ3n) is 8.78. The molecule has 0 bridgehead atoms. The Kier molecular flexibility index (Phi) is 6.23. The zero-order valence-corrected chi connectivity index (χ0v) is 22.2. The van der Waals surface area contributed by atoms with Gasteiger partial charge in [-0.25, -0.2) is 8.78 Å². The first-order valence-electron chi connectivity index (χ1n) is 14.0. The second-order valence-corrected chi connectivity index (χ2v) is 11.1. The van der Waals surface area contributed by atoms with Crippen molar-refractivity contribution in [3.63, 3.8) is 0 Å². The van der Waals surface area contributed by atoms with Crippen molar-refractivity contribution in [2.24, 2.45) is 0 Å². The summed E-state index contributed by atoms with van der Waals surface area (Å²) in [6, 6.07) is 5.23. The SMILES string of the molecule is O=C1c2c(nc(OCC34CCCN3CCC4)nc2N2CCCOCC2)CN1c1cc(O)cc2ccc(F)c(F)c12. The molecule has 0 spiro atoms. The Morgan fingerprint density at radius 1 is 1.02 bits per heavy atom. The standard InChI is InChI=1S/C29H31F2N5O4/c30-20-5-4-18-14-19(37)15-22(23(18)25(20)31)36-16-21-24(27(36)38)26(34-8-3-12-39-13-11-34)33-28(32-21)40-17-29-6-1-9-35(29)10-2-7-29/h4-5,14-15,37H,1-3,6-13,16-17H2. The molecule has 0 saturated carbocycles. The van der Waals surface area contributed by atoms with Crippen LogP contribution in [0, 0.1) is 11.6 Å². The van der Waals surface area contributed by atoms with E-state index >= 15 is 4.39 Å². The number of carbonyl (C=O) groups is 1. The third kappa shape index (κ3) is 4.14. The van der Waals surface area contributed by atoms with E-state index in [1.165, 1.54) is 23.1 Å². The van der Waals surface area contributed by atoms with Crippen molar-refractivity contribution in [2.45, 2.75) is 44.2 Å². The fraction of sp³-hybridized carbons (Fsp3) is 0.483. The molecular formula is C29H31F2N5O4. The van der Waals surface area contributed by atoms with E-state index in [1.807, 2.05) is 4.90 Å². The normalized spacial score (nSPS) is 20.7. The quantitative estimate of drug-likeness (QED) is 0.509. The number of phenolic OH excluding ortho intramolecular Hbond substituents is 1. The number of carbonyl (C=O) groups excluding carboxylic acids is 1. The van der Waals surface area contributed by atoms with Crippen LogP contribution in [0.2, 0.25) is 0 Å². The monoisotopic (exact) mass is 551 g/mol. The van der Waals surface area contributed by atoms with Crippen LogP contribution < -0.4 is 14.5 Å². The molecule has 4 aliphatic heterocycles. The lowest BCUT2D eigenvalue weighted by atomic mass is 9.95.